The molecule has 0 amide bonds. The third-order valence-corrected chi connectivity index (χ3v) is 4.84. The molecule has 1 fully saturated rings. The molecule has 4 nitrogen and oxygen atoms in total. The minimum Gasteiger partial charge on any atom is -0.461 e. The van der Waals surface area contributed by atoms with Gasteiger partial charge in [0.2, 0.25) is 0 Å². The SMILES string of the molecule is CN1CCC(C)(COC(=O)c2c[nH]c3ccc(Cl)cc23)CC1. The topological polar surface area (TPSA) is 45.3 Å². The van der Waals surface area contributed by atoms with Gasteiger partial charge in [-0.2, -0.15) is 0 Å². The number of nitrogens with zero attached hydrogens (tertiary/aromatic N) is 1. The molecule has 0 spiro atoms. The summed E-state index contributed by atoms with van der Waals surface area (Å²) in [5, 5.41) is 1.43. The van der Waals surface area contributed by atoms with Crippen LogP contribution in [0.2, 0.25) is 5.02 Å². The Hall–Kier alpha value is -1.52. The van der Waals surface area contributed by atoms with E-state index in [1.165, 1.54) is 0 Å². The average molecular weight is 321 g/mol. The van der Waals surface area contributed by atoms with Gasteiger partial charge in [0, 0.05) is 27.5 Å². The first-order valence-corrected chi connectivity index (χ1v) is 7.97. The summed E-state index contributed by atoms with van der Waals surface area (Å²) in [6, 6.07) is 5.46. The number of halogens is 1. The Morgan fingerprint density at radius 1 is 1.41 bits per heavy atom. The third kappa shape index (κ3) is 3.13. The Morgan fingerprint density at radius 3 is 2.86 bits per heavy atom. The van der Waals surface area contributed by atoms with Gasteiger partial charge < -0.3 is 14.6 Å². The standard InChI is InChI=1S/C17H21ClN2O2/c1-17(5-7-20(2)8-6-17)11-22-16(21)14-10-19-15-4-3-12(18)9-13(14)15/h3-4,9-10,19H,5-8,11H2,1-2H3. The van der Waals surface area contributed by atoms with Crippen LogP contribution in [-0.4, -0.2) is 42.6 Å². The molecule has 2 heterocycles. The van der Waals surface area contributed by atoms with Gasteiger partial charge in [-0.3, -0.25) is 0 Å². The number of likely N-dealkylation sites (tertiary alicyclic amines) is 1. The van der Waals surface area contributed by atoms with Crippen molar-refractivity contribution in [3.05, 3.63) is 35.0 Å². The second kappa shape index (κ2) is 5.94. The summed E-state index contributed by atoms with van der Waals surface area (Å²) in [5.41, 5.74) is 1.52. The molecule has 1 aliphatic heterocycles. The van der Waals surface area contributed by atoms with E-state index in [9.17, 15) is 4.79 Å². The van der Waals surface area contributed by atoms with Crippen molar-refractivity contribution >= 4 is 28.5 Å². The molecule has 22 heavy (non-hydrogen) atoms. The highest BCUT2D eigenvalue weighted by Crippen LogP contribution is 2.31. The van der Waals surface area contributed by atoms with Crippen LogP contribution in [0.25, 0.3) is 10.9 Å². The highest BCUT2D eigenvalue weighted by atomic mass is 35.5. The van der Waals surface area contributed by atoms with Crippen molar-refractivity contribution < 1.29 is 9.53 Å². The van der Waals surface area contributed by atoms with Crippen LogP contribution in [-0.2, 0) is 4.74 Å². The van der Waals surface area contributed by atoms with Gasteiger partial charge >= 0.3 is 5.97 Å². The van der Waals surface area contributed by atoms with E-state index in [2.05, 4.69) is 23.9 Å². The second-order valence-electron chi connectivity index (χ2n) is 6.58. The number of carbonyl (C=O) groups is 1. The summed E-state index contributed by atoms with van der Waals surface area (Å²) in [5.74, 6) is -0.284. The van der Waals surface area contributed by atoms with Crippen molar-refractivity contribution in [3.63, 3.8) is 0 Å². The molecule has 0 aliphatic carbocycles. The number of nitrogens with one attached hydrogen (secondary N) is 1. The predicted octanol–water partition coefficient (Wildman–Crippen LogP) is 3.71. The van der Waals surface area contributed by atoms with E-state index in [1.807, 2.05) is 6.07 Å². The fraction of sp³-hybridized carbons (Fsp3) is 0.471. The number of H-pyrrole nitrogens is 1. The van der Waals surface area contributed by atoms with Gasteiger partial charge in [0.15, 0.2) is 0 Å². The molecule has 1 aliphatic rings. The van der Waals surface area contributed by atoms with E-state index in [0.29, 0.717) is 17.2 Å². The highest BCUT2D eigenvalue weighted by Gasteiger charge is 2.30. The molecule has 0 bridgehead atoms. The molecular formula is C17H21ClN2O2. The number of hydrogen-bond acceptors (Lipinski definition) is 3. The quantitative estimate of drug-likeness (QED) is 0.877. The van der Waals surface area contributed by atoms with Gasteiger partial charge in [0.25, 0.3) is 0 Å². The number of esters is 1. The molecule has 5 heteroatoms. The number of ether oxygens (including phenoxy) is 1. The van der Waals surface area contributed by atoms with E-state index in [4.69, 9.17) is 16.3 Å². The first-order chi connectivity index (χ1) is 10.5. The summed E-state index contributed by atoms with van der Waals surface area (Å²) in [6.07, 6.45) is 3.80. The van der Waals surface area contributed by atoms with Crippen molar-refractivity contribution in [2.45, 2.75) is 19.8 Å². The van der Waals surface area contributed by atoms with Crippen molar-refractivity contribution in [3.8, 4) is 0 Å². The van der Waals surface area contributed by atoms with E-state index < -0.39 is 0 Å². The van der Waals surface area contributed by atoms with Crippen LogP contribution >= 0.6 is 11.6 Å². The lowest BCUT2D eigenvalue weighted by atomic mass is 9.81. The van der Waals surface area contributed by atoms with Gasteiger partial charge in [0.1, 0.15) is 0 Å². The number of rotatable bonds is 3. The Balaban J connectivity index is 1.70. The number of piperidine rings is 1. The van der Waals surface area contributed by atoms with Crippen LogP contribution < -0.4 is 0 Å². The summed E-state index contributed by atoms with van der Waals surface area (Å²) >= 11 is 6.02. The molecule has 0 saturated carbocycles. The van der Waals surface area contributed by atoms with Crippen molar-refractivity contribution in [2.75, 3.05) is 26.7 Å². The van der Waals surface area contributed by atoms with E-state index in [1.54, 1.807) is 18.3 Å². The van der Waals surface area contributed by atoms with E-state index in [-0.39, 0.29) is 11.4 Å². The molecule has 1 N–H and O–H groups in total. The third-order valence-electron chi connectivity index (χ3n) is 4.61. The number of fused-ring (bicyclic) bond motifs is 1. The number of hydrogen-bond donors (Lipinski definition) is 1. The van der Waals surface area contributed by atoms with Crippen LogP contribution in [0.5, 0.6) is 0 Å². The molecule has 3 rings (SSSR count). The Labute approximate surface area is 135 Å². The first kappa shape index (κ1) is 15.4. The predicted molar refractivity (Wildman–Crippen MR) is 88.4 cm³/mol. The molecule has 1 saturated heterocycles. The zero-order chi connectivity index (χ0) is 15.7. The molecule has 0 unspecified atom stereocenters. The molecule has 118 valence electrons. The fourth-order valence-electron chi connectivity index (χ4n) is 2.88. The normalized spacial score (nSPS) is 18.5. The summed E-state index contributed by atoms with van der Waals surface area (Å²) in [6.45, 7) is 4.76. The van der Waals surface area contributed by atoms with Crippen LogP contribution in [0.15, 0.2) is 24.4 Å². The lowest BCUT2D eigenvalue weighted by molar-refractivity contribution is 0.0158. The maximum atomic E-state index is 12.4. The van der Waals surface area contributed by atoms with Crippen LogP contribution in [0.1, 0.15) is 30.1 Å². The number of aromatic amines is 1. The molecule has 1 aromatic carbocycles. The van der Waals surface area contributed by atoms with E-state index >= 15 is 0 Å². The van der Waals surface area contributed by atoms with Crippen molar-refractivity contribution in [2.24, 2.45) is 5.41 Å². The lowest BCUT2D eigenvalue weighted by Crippen LogP contribution is -2.39. The lowest BCUT2D eigenvalue weighted by Gasteiger charge is -2.37. The Bertz CT molecular complexity index is 687. The minimum absolute atomic E-state index is 0.0753. The zero-order valence-electron chi connectivity index (χ0n) is 13.0. The summed E-state index contributed by atoms with van der Waals surface area (Å²) < 4.78 is 5.59. The smallest absolute Gasteiger partial charge is 0.340 e. The molecule has 0 atom stereocenters. The van der Waals surface area contributed by atoms with Gasteiger partial charge in [-0.05, 0) is 51.2 Å². The largest absolute Gasteiger partial charge is 0.461 e. The van der Waals surface area contributed by atoms with Crippen molar-refractivity contribution in [1.82, 2.24) is 9.88 Å². The molecule has 2 aromatic rings. The van der Waals surface area contributed by atoms with E-state index in [0.717, 1.165) is 36.8 Å². The maximum Gasteiger partial charge on any atom is 0.340 e. The van der Waals surface area contributed by atoms with Crippen LogP contribution in [0.3, 0.4) is 0 Å². The van der Waals surface area contributed by atoms with Gasteiger partial charge in [-0.1, -0.05) is 18.5 Å². The Morgan fingerprint density at radius 2 is 2.14 bits per heavy atom. The number of carbonyl (C=O) groups excluding carboxylic acids is 1. The average Bonchev–Trinajstić information content (AvgIpc) is 2.91. The second-order valence-corrected chi connectivity index (χ2v) is 7.02. The summed E-state index contributed by atoms with van der Waals surface area (Å²) in [4.78, 5) is 17.8. The summed E-state index contributed by atoms with van der Waals surface area (Å²) in [7, 11) is 2.13. The Kier molecular flexibility index (Phi) is 4.15. The monoisotopic (exact) mass is 320 g/mol. The number of aromatic nitrogens is 1. The van der Waals surface area contributed by atoms with Gasteiger partial charge in [-0.25, -0.2) is 4.79 Å². The maximum absolute atomic E-state index is 12.4. The highest BCUT2D eigenvalue weighted by molar-refractivity contribution is 6.31. The molecule has 0 radical (unpaired) electrons. The van der Waals surface area contributed by atoms with Crippen LogP contribution in [0, 0.1) is 5.41 Å². The first-order valence-electron chi connectivity index (χ1n) is 7.59. The van der Waals surface area contributed by atoms with Gasteiger partial charge in [0.05, 0.1) is 12.2 Å². The van der Waals surface area contributed by atoms with Gasteiger partial charge in [-0.15, -0.1) is 0 Å². The molecular weight excluding hydrogens is 300 g/mol. The number of benzene rings is 1. The minimum atomic E-state index is -0.284. The van der Waals surface area contributed by atoms with Crippen LogP contribution in [0.4, 0.5) is 0 Å². The fourth-order valence-corrected chi connectivity index (χ4v) is 3.05. The van der Waals surface area contributed by atoms with Crippen molar-refractivity contribution in [1.29, 1.82) is 0 Å². The zero-order valence-corrected chi connectivity index (χ0v) is 13.7. The molecule has 1 aromatic heterocycles.